The zero-order valence-corrected chi connectivity index (χ0v) is 34.9. The van der Waals surface area contributed by atoms with E-state index >= 15 is 0 Å². The molecule has 2 saturated carbocycles. The number of carbonyl (C=O) groups excluding carboxylic acids is 4. The topological polar surface area (TPSA) is 223 Å². The van der Waals surface area contributed by atoms with Crippen LogP contribution in [0.25, 0.3) is 22.3 Å². The van der Waals surface area contributed by atoms with E-state index in [9.17, 15) is 37.5 Å². The summed E-state index contributed by atoms with van der Waals surface area (Å²) in [6.07, 6.45) is 9.76. The maximum absolute atomic E-state index is 14.6. The van der Waals surface area contributed by atoms with Gasteiger partial charge in [-0.15, -0.1) is 11.3 Å². The quantitative estimate of drug-likeness (QED) is 0.204. The van der Waals surface area contributed by atoms with E-state index in [2.05, 4.69) is 20.9 Å². The number of nitrogens with zero attached hydrogens (tertiary/aromatic N) is 3. The first-order chi connectivity index (χ1) is 28.1. The van der Waals surface area contributed by atoms with Crippen LogP contribution in [0.5, 0.6) is 5.75 Å². The van der Waals surface area contributed by atoms with Gasteiger partial charge >= 0.3 is 12.1 Å². The second-order valence-electron chi connectivity index (χ2n) is 16.2. The first-order valence-electron chi connectivity index (χ1n) is 20.2. The molecule has 2 aliphatic carbocycles. The standard InChI is InChI=1S/C41H50N6O10S2/c1-23(2)35(48)45-39-43-30(22-58-39)29-19-32(27-15-11-17-33(34(27)42-29)59(3,54)55)56-26-18-31-36(49)46-41(38(51)52)20-24(41)12-7-5-4-6-8-16-28(37(50)47(31)21-26)44-40(53)57-25-13-9-10-14-25/h7,11-12,15,17,19,22-26,28,31H,4-6,8-10,13-14,16,18,20-21H2,1-3H3,(H,44,53)(H,46,49)(H,51,52)(H,43,45,48)/b12-7-/t24-,26+,28+,31-,41+/m0/s1. The van der Waals surface area contributed by atoms with Gasteiger partial charge in [-0.2, -0.15) is 0 Å². The molecule has 0 unspecified atom stereocenters. The number of ether oxygens (including phenoxy) is 2. The van der Waals surface area contributed by atoms with E-state index in [0.29, 0.717) is 35.5 Å². The van der Waals surface area contributed by atoms with Gasteiger partial charge in [-0.1, -0.05) is 44.9 Å². The van der Waals surface area contributed by atoms with Gasteiger partial charge in [0.15, 0.2) is 15.0 Å². The molecule has 5 atom stereocenters. The minimum atomic E-state index is -3.79. The van der Waals surface area contributed by atoms with Crippen LogP contribution in [0.15, 0.2) is 46.7 Å². The molecule has 4 N–H and O–H groups in total. The smallest absolute Gasteiger partial charge is 0.408 e. The van der Waals surface area contributed by atoms with Crippen LogP contribution < -0.4 is 20.7 Å². The summed E-state index contributed by atoms with van der Waals surface area (Å²) in [5, 5.41) is 20.9. The SMILES string of the molecule is CC(C)C(=O)Nc1nc(-c2cc(O[C@@H]3C[C@H]4C(=O)N[C@]5(C(=O)O)C[C@@H]5/C=C\CCCCC[C@@H](NC(=O)OC5CCCC5)C(=O)N4C3)c3cccc(S(C)(=O)=O)c3n2)cs1. The van der Waals surface area contributed by atoms with Crippen LogP contribution in [0, 0.1) is 11.8 Å². The van der Waals surface area contributed by atoms with E-state index in [-0.39, 0.29) is 59.2 Å². The highest BCUT2D eigenvalue weighted by Gasteiger charge is 2.61. The van der Waals surface area contributed by atoms with Crippen molar-refractivity contribution in [2.75, 3.05) is 18.1 Å². The summed E-state index contributed by atoms with van der Waals surface area (Å²) in [5.74, 6) is -3.08. The van der Waals surface area contributed by atoms with Crippen molar-refractivity contribution in [3.05, 3.63) is 41.8 Å². The zero-order valence-electron chi connectivity index (χ0n) is 33.3. The molecule has 16 nitrogen and oxygen atoms in total. The Morgan fingerprint density at radius 1 is 1.03 bits per heavy atom. The first kappa shape index (κ1) is 42.0. The monoisotopic (exact) mass is 850 g/mol. The third-order valence-electron chi connectivity index (χ3n) is 11.5. The summed E-state index contributed by atoms with van der Waals surface area (Å²) in [5.41, 5.74) is -0.800. The molecule has 18 heteroatoms. The van der Waals surface area contributed by atoms with Crippen molar-refractivity contribution in [2.24, 2.45) is 11.8 Å². The van der Waals surface area contributed by atoms with E-state index in [4.69, 9.17) is 14.5 Å². The number of anilines is 1. The Hall–Kier alpha value is -5.10. The molecular weight excluding hydrogens is 801 g/mol. The minimum Gasteiger partial charge on any atom is -0.488 e. The molecular formula is C41H50N6O10S2. The minimum absolute atomic E-state index is 0.0416. The number of pyridine rings is 1. The predicted octanol–water partition coefficient (Wildman–Crippen LogP) is 5.22. The van der Waals surface area contributed by atoms with Crippen molar-refractivity contribution < 1.29 is 47.0 Å². The van der Waals surface area contributed by atoms with Crippen LogP contribution in [-0.4, -0.2) is 101 Å². The number of hydrogen-bond acceptors (Lipinski definition) is 12. The van der Waals surface area contributed by atoms with Crippen molar-refractivity contribution in [1.82, 2.24) is 25.5 Å². The van der Waals surface area contributed by atoms with Crippen LogP contribution in [-0.2, 0) is 33.8 Å². The third-order valence-corrected chi connectivity index (χ3v) is 13.4. The van der Waals surface area contributed by atoms with Gasteiger partial charge in [-0.05, 0) is 63.5 Å². The molecule has 59 heavy (non-hydrogen) atoms. The lowest BCUT2D eigenvalue weighted by atomic mass is 10.0. The lowest BCUT2D eigenvalue weighted by Gasteiger charge is -2.29. The van der Waals surface area contributed by atoms with Gasteiger partial charge < -0.3 is 35.4 Å². The van der Waals surface area contributed by atoms with Gasteiger partial charge in [0.1, 0.15) is 41.3 Å². The van der Waals surface area contributed by atoms with Crippen LogP contribution in [0.1, 0.15) is 84.5 Å². The predicted molar refractivity (Wildman–Crippen MR) is 218 cm³/mol. The molecule has 3 fully saturated rings. The number of carboxylic acids is 1. The van der Waals surface area contributed by atoms with Crippen molar-refractivity contribution in [1.29, 1.82) is 0 Å². The fraction of sp³-hybridized carbons (Fsp3) is 0.537. The molecule has 0 bridgehead atoms. The number of fused-ring (bicyclic) bond motifs is 3. The second kappa shape index (κ2) is 17.2. The van der Waals surface area contributed by atoms with E-state index in [1.54, 1.807) is 37.4 Å². The number of hydrogen-bond donors (Lipinski definition) is 4. The Kier molecular flexibility index (Phi) is 12.3. The number of thiazole rings is 1. The number of carboxylic acid groups (broad SMARTS) is 1. The maximum Gasteiger partial charge on any atom is 0.408 e. The van der Waals surface area contributed by atoms with Crippen molar-refractivity contribution in [3.8, 4) is 17.1 Å². The van der Waals surface area contributed by atoms with Gasteiger partial charge in [0, 0.05) is 41.3 Å². The number of amides is 4. The number of aliphatic carboxylic acids is 1. The Morgan fingerprint density at radius 2 is 1.80 bits per heavy atom. The maximum atomic E-state index is 14.6. The highest BCUT2D eigenvalue weighted by molar-refractivity contribution is 7.91. The highest BCUT2D eigenvalue weighted by Crippen LogP contribution is 2.45. The van der Waals surface area contributed by atoms with Gasteiger partial charge in [0.2, 0.25) is 17.7 Å². The molecule has 7 rings (SSSR count). The molecule has 2 aliphatic heterocycles. The summed E-state index contributed by atoms with van der Waals surface area (Å²) in [6.45, 7) is 3.40. The molecule has 1 aromatic carbocycles. The van der Waals surface area contributed by atoms with Crippen molar-refractivity contribution in [3.63, 3.8) is 0 Å². The Labute approximate surface area is 346 Å². The highest BCUT2D eigenvalue weighted by atomic mass is 32.2. The Bertz CT molecular complexity index is 2270. The molecule has 0 radical (unpaired) electrons. The molecule has 2 aromatic heterocycles. The summed E-state index contributed by atoms with van der Waals surface area (Å²) in [7, 11) is -3.79. The Morgan fingerprint density at radius 3 is 2.53 bits per heavy atom. The largest absolute Gasteiger partial charge is 0.488 e. The summed E-state index contributed by atoms with van der Waals surface area (Å²) in [4.78, 5) is 77.5. The van der Waals surface area contributed by atoms with Gasteiger partial charge in [-0.3, -0.25) is 14.4 Å². The molecule has 0 spiro atoms. The Balaban J connectivity index is 1.23. The second-order valence-corrected chi connectivity index (χ2v) is 19.1. The average molecular weight is 851 g/mol. The van der Waals surface area contributed by atoms with Crippen LogP contribution >= 0.6 is 11.3 Å². The summed E-state index contributed by atoms with van der Waals surface area (Å²) in [6, 6.07) is 4.06. The summed E-state index contributed by atoms with van der Waals surface area (Å²) < 4.78 is 38.3. The first-order valence-corrected chi connectivity index (χ1v) is 23.0. The van der Waals surface area contributed by atoms with Crippen molar-refractivity contribution in [2.45, 2.75) is 119 Å². The van der Waals surface area contributed by atoms with Crippen molar-refractivity contribution >= 4 is 67.0 Å². The fourth-order valence-electron chi connectivity index (χ4n) is 8.08. The lowest BCUT2D eigenvalue weighted by Crippen LogP contribution is -2.56. The van der Waals surface area contributed by atoms with E-state index < -0.39 is 63.4 Å². The number of allylic oxidation sites excluding steroid dienone is 1. The average Bonchev–Trinajstić information content (AvgIpc) is 3.61. The van der Waals surface area contributed by atoms with Gasteiger partial charge in [0.05, 0.1) is 22.7 Å². The molecule has 1 saturated heterocycles. The molecule has 3 aromatic rings. The number of carbonyl (C=O) groups is 5. The molecule has 4 aliphatic rings. The third kappa shape index (κ3) is 9.38. The zero-order chi connectivity index (χ0) is 42.1. The normalized spacial score (nSPS) is 25.9. The van der Waals surface area contributed by atoms with E-state index in [1.807, 2.05) is 12.2 Å². The number of sulfone groups is 1. The number of alkyl carbamates (subject to hydrolysis) is 1. The number of nitrogens with one attached hydrogen (secondary N) is 3. The molecule has 4 heterocycles. The van der Waals surface area contributed by atoms with Crippen LogP contribution in [0.2, 0.25) is 0 Å². The number of rotatable bonds is 9. The molecule has 4 amide bonds. The van der Waals surface area contributed by atoms with Crippen LogP contribution in [0.4, 0.5) is 9.93 Å². The summed E-state index contributed by atoms with van der Waals surface area (Å²) >= 11 is 1.17. The lowest BCUT2D eigenvalue weighted by molar-refractivity contribution is -0.145. The van der Waals surface area contributed by atoms with Gasteiger partial charge in [-0.25, -0.2) is 28.0 Å². The molecule has 316 valence electrons. The number of para-hydroxylation sites is 1. The van der Waals surface area contributed by atoms with E-state index in [0.717, 1.165) is 44.8 Å². The number of benzene rings is 1. The van der Waals surface area contributed by atoms with E-state index in [1.165, 1.54) is 22.3 Å². The van der Waals surface area contributed by atoms with Crippen LogP contribution in [0.3, 0.4) is 0 Å². The fourth-order valence-corrected chi connectivity index (χ4v) is 9.62. The van der Waals surface area contributed by atoms with Gasteiger partial charge in [0.25, 0.3) is 0 Å². The number of aromatic nitrogens is 2.